The Bertz CT molecular complexity index is 288. The molecule has 0 saturated heterocycles. The van der Waals surface area contributed by atoms with Crippen LogP contribution in [0.2, 0.25) is 0 Å². The molecule has 1 N–H and O–H groups in total. The summed E-state index contributed by atoms with van der Waals surface area (Å²) in [7, 11) is 1.85. The molecule has 0 aliphatic carbocycles. The Hall–Kier alpha value is -1.32. The minimum absolute atomic E-state index is 0.593. The lowest BCUT2D eigenvalue weighted by Gasteiger charge is -1.96. The lowest BCUT2D eigenvalue weighted by atomic mass is 10.2. The van der Waals surface area contributed by atoms with Crippen LogP contribution < -0.4 is 0 Å². The van der Waals surface area contributed by atoms with Crippen LogP contribution in [-0.4, -0.2) is 20.7 Å². The van der Waals surface area contributed by atoms with Crippen LogP contribution in [0.4, 0.5) is 0 Å². The van der Waals surface area contributed by atoms with Crippen molar-refractivity contribution in [2.45, 2.75) is 13.8 Å². The van der Waals surface area contributed by atoms with Crippen molar-refractivity contribution in [3.8, 4) is 0 Å². The van der Waals surface area contributed by atoms with Gasteiger partial charge in [0.05, 0.1) is 11.9 Å². The molecule has 1 heterocycles. The van der Waals surface area contributed by atoms with E-state index < -0.39 is 0 Å². The van der Waals surface area contributed by atoms with Gasteiger partial charge in [-0.3, -0.25) is 4.68 Å². The molecule has 1 aromatic heterocycles. The van der Waals surface area contributed by atoms with E-state index in [1.54, 1.807) is 17.8 Å². The lowest BCUT2D eigenvalue weighted by molar-refractivity contribution is 0.319. The monoisotopic (exact) mass is 153 g/mol. The molecule has 0 aliphatic rings. The Balaban J connectivity index is 3.15. The quantitative estimate of drug-likeness (QED) is 0.370. The van der Waals surface area contributed by atoms with Crippen molar-refractivity contribution >= 4 is 5.71 Å². The minimum Gasteiger partial charge on any atom is -0.411 e. The van der Waals surface area contributed by atoms with E-state index in [2.05, 4.69) is 10.3 Å². The largest absolute Gasteiger partial charge is 0.411 e. The molecule has 0 fully saturated rings. The van der Waals surface area contributed by atoms with Gasteiger partial charge in [-0.1, -0.05) is 5.16 Å². The summed E-state index contributed by atoms with van der Waals surface area (Å²) in [5.41, 5.74) is 2.48. The molecule has 0 amide bonds. The van der Waals surface area contributed by atoms with Crippen LogP contribution in [0, 0.1) is 6.92 Å². The van der Waals surface area contributed by atoms with Gasteiger partial charge in [-0.15, -0.1) is 0 Å². The fourth-order valence-electron chi connectivity index (χ4n) is 0.908. The van der Waals surface area contributed by atoms with Crippen LogP contribution in [0.15, 0.2) is 11.4 Å². The lowest BCUT2D eigenvalue weighted by Crippen LogP contribution is -1.98. The molecule has 60 valence electrons. The van der Waals surface area contributed by atoms with Crippen molar-refractivity contribution in [3.63, 3.8) is 0 Å². The van der Waals surface area contributed by atoms with Crippen molar-refractivity contribution in [1.29, 1.82) is 0 Å². The topological polar surface area (TPSA) is 50.4 Å². The molecule has 0 radical (unpaired) electrons. The van der Waals surface area contributed by atoms with E-state index >= 15 is 0 Å². The van der Waals surface area contributed by atoms with E-state index in [9.17, 15) is 0 Å². The van der Waals surface area contributed by atoms with Crippen LogP contribution in [0.25, 0.3) is 0 Å². The molecule has 4 heteroatoms. The van der Waals surface area contributed by atoms with Crippen molar-refractivity contribution in [3.05, 3.63) is 17.5 Å². The zero-order valence-electron chi connectivity index (χ0n) is 6.87. The van der Waals surface area contributed by atoms with E-state index in [-0.39, 0.29) is 0 Å². The standard InChI is InChI=1S/C7H11N3O/c1-5(9-11)7-4-8-10(3)6(7)2/h4,11H,1-3H3. The number of rotatable bonds is 1. The molecule has 11 heavy (non-hydrogen) atoms. The number of oxime groups is 1. The Morgan fingerprint density at radius 1 is 1.73 bits per heavy atom. The number of nitrogens with zero attached hydrogens (tertiary/aromatic N) is 3. The molecule has 0 aromatic carbocycles. The van der Waals surface area contributed by atoms with Gasteiger partial charge < -0.3 is 5.21 Å². The number of aromatic nitrogens is 2. The molecule has 0 spiro atoms. The number of hydrogen-bond donors (Lipinski definition) is 1. The molecule has 4 nitrogen and oxygen atoms in total. The van der Waals surface area contributed by atoms with E-state index in [4.69, 9.17) is 5.21 Å². The fourth-order valence-corrected chi connectivity index (χ4v) is 0.908. The SMILES string of the molecule is CC(=NO)c1cnn(C)c1C. The van der Waals surface area contributed by atoms with Crippen molar-refractivity contribution in [2.24, 2.45) is 12.2 Å². The maximum absolute atomic E-state index is 8.47. The number of hydrogen-bond acceptors (Lipinski definition) is 3. The molecule has 0 atom stereocenters. The highest BCUT2D eigenvalue weighted by molar-refractivity contribution is 5.98. The Labute approximate surface area is 65.1 Å². The van der Waals surface area contributed by atoms with Gasteiger partial charge in [-0.2, -0.15) is 5.10 Å². The van der Waals surface area contributed by atoms with Crippen LogP contribution in [0.1, 0.15) is 18.2 Å². The van der Waals surface area contributed by atoms with Gasteiger partial charge in [-0.25, -0.2) is 0 Å². The molecule has 0 bridgehead atoms. The first kappa shape index (κ1) is 7.78. The smallest absolute Gasteiger partial charge is 0.0871 e. The van der Waals surface area contributed by atoms with Crippen molar-refractivity contribution in [2.75, 3.05) is 0 Å². The Morgan fingerprint density at radius 3 is 2.73 bits per heavy atom. The van der Waals surface area contributed by atoms with Gasteiger partial charge in [0.25, 0.3) is 0 Å². The molecular weight excluding hydrogens is 142 g/mol. The van der Waals surface area contributed by atoms with E-state index in [0.717, 1.165) is 11.3 Å². The highest BCUT2D eigenvalue weighted by Crippen LogP contribution is 2.06. The van der Waals surface area contributed by atoms with Gasteiger partial charge in [-0.05, 0) is 13.8 Å². The summed E-state index contributed by atoms with van der Waals surface area (Å²) >= 11 is 0. The van der Waals surface area contributed by atoms with Gasteiger partial charge >= 0.3 is 0 Å². The third-order valence-electron chi connectivity index (χ3n) is 1.78. The average Bonchev–Trinajstić information content (AvgIpc) is 2.32. The highest BCUT2D eigenvalue weighted by Gasteiger charge is 2.05. The second kappa shape index (κ2) is 2.74. The summed E-state index contributed by atoms with van der Waals surface area (Å²) in [5, 5.41) is 15.6. The minimum atomic E-state index is 0.593. The predicted molar refractivity (Wildman–Crippen MR) is 41.9 cm³/mol. The Morgan fingerprint density at radius 2 is 2.36 bits per heavy atom. The highest BCUT2D eigenvalue weighted by atomic mass is 16.4. The third kappa shape index (κ3) is 1.24. The van der Waals surface area contributed by atoms with Gasteiger partial charge in [0.1, 0.15) is 0 Å². The molecule has 0 saturated carbocycles. The second-order valence-corrected chi connectivity index (χ2v) is 2.45. The maximum atomic E-state index is 8.47. The van der Waals surface area contributed by atoms with E-state index in [0.29, 0.717) is 5.71 Å². The summed E-state index contributed by atoms with van der Waals surface area (Å²) in [6.07, 6.45) is 1.68. The van der Waals surface area contributed by atoms with Crippen LogP contribution in [0.3, 0.4) is 0 Å². The van der Waals surface area contributed by atoms with Crippen molar-refractivity contribution in [1.82, 2.24) is 9.78 Å². The molecule has 0 unspecified atom stereocenters. The first-order valence-electron chi connectivity index (χ1n) is 3.34. The first-order valence-corrected chi connectivity index (χ1v) is 3.34. The molecule has 0 aliphatic heterocycles. The van der Waals surface area contributed by atoms with Crippen LogP contribution >= 0.6 is 0 Å². The summed E-state index contributed by atoms with van der Waals surface area (Å²) in [5.74, 6) is 0. The fraction of sp³-hybridized carbons (Fsp3) is 0.429. The zero-order chi connectivity index (χ0) is 8.43. The van der Waals surface area contributed by atoms with Gasteiger partial charge in [0, 0.05) is 18.3 Å². The summed E-state index contributed by atoms with van der Waals surface area (Å²) < 4.78 is 1.74. The van der Waals surface area contributed by atoms with Gasteiger partial charge in [0.15, 0.2) is 0 Å². The van der Waals surface area contributed by atoms with Gasteiger partial charge in [0.2, 0.25) is 0 Å². The second-order valence-electron chi connectivity index (χ2n) is 2.45. The maximum Gasteiger partial charge on any atom is 0.0871 e. The third-order valence-corrected chi connectivity index (χ3v) is 1.78. The molecule has 1 rings (SSSR count). The zero-order valence-corrected chi connectivity index (χ0v) is 6.87. The van der Waals surface area contributed by atoms with Crippen LogP contribution in [0.5, 0.6) is 0 Å². The summed E-state index contributed by atoms with van der Waals surface area (Å²) in [6.45, 7) is 3.67. The summed E-state index contributed by atoms with van der Waals surface area (Å²) in [6, 6.07) is 0. The first-order chi connectivity index (χ1) is 5.16. The molecular formula is C7H11N3O. The van der Waals surface area contributed by atoms with Crippen molar-refractivity contribution < 1.29 is 5.21 Å². The summed E-state index contributed by atoms with van der Waals surface area (Å²) in [4.78, 5) is 0. The van der Waals surface area contributed by atoms with E-state index in [1.807, 2.05) is 14.0 Å². The average molecular weight is 153 g/mol. The van der Waals surface area contributed by atoms with Crippen LogP contribution in [-0.2, 0) is 7.05 Å². The normalized spacial score (nSPS) is 12.1. The number of aryl methyl sites for hydroxylation is 1. The molecule has 1 aromatic rings. The predicted octanol–water partition coefficient (Wildman–Crippen LogP) is 0.927. The Kier molecular flexibility index (Phi) is 1.94. The van der Waals surface area contributed by atoms with E-state index in [1.165, 1.54) is 0 Å².